The molecule has 1 N–H and O–H groups in total. The van der Waals surface area contributed by atoms with Crippen molar-refractivity contribution in [2.24, 2.45) is 5.92 Å². The number of hydrogen-bond acceptors (Lipinski definition) is 4. The standard InChI is InChI=1S/C11H20N2O3/c1-9(4-5-14)6-10(15)7-12-11(16)8-13(2)3/h5,9H,4,6-8H2,1-3H3,(H,12,16). The van der Waals surface area contributed by atoms with Crippen molar-refractivity contribution in [2.75, 3.05) is 27.2 Å². The van der Waals surface area contributed by atoms with Crippen LogP contribution in [0, 0.1) is 5.92 Å². The summed E-state index contributed by atoms with van der Waals surface area (Å²) in [6, 6.07) is 0. The van der Waals surface area contributed by atoms with Gasteiger partial charge in [0.25, 0.3) is 0 Å². The van der Waals surface area contributed by atoms with Gasteiger partial charge < -0.3 is 15.0 Å². The monoisotopic (exact) mass is 228 g/mol. The average Bonchev–Trinajstić information content (AvgIpc) is 2.14. The minimum atomic E-state index is -0.165. The van der Waals surface area contributed by atoms with Gasteiger partial charge in [-0.1, -0.05) is 6.92 Å². The number of likely N-dealkylation sites (N-methyl/N-ethyl adjacent to an activating group) is 1. The molecule has 5 nitrogen and oxygen atoms in total. The number of amides is 1. The molecule has 0 saturated heterocycles. The van der Waals surface area contributed by atoms with Crippen LogP contribution < -0.4 is 5.32 Å². The van der Waals surface area contributed by atoms with Gasteiger partial charge in [-0.3, -0.25) is 9.59 Å². The van der Waals surface area contributed by atoms with Crippen molar-refractivity contribution in [1.29, 1.82) is 0 Å². The molecule has 0 rings (SSSR count). The first-order valence-corrected chi connectivity index (χ1v) is 5.32. The fourth-order valence-corrected chi connectivity index (χ4v) is 1.25. The van der Waals surface area contributed by atoms with Crippen LogP contribution >= 0.6 is 0 Å². The summed E-state index contributed by atoms with van der Waals surface area (Å²) in [6.07, 6.45) is 1.53. The molecule has 0 radical (unpaired) electrons. The van der Waals surface area contributed by atoms with E-state index < -0.39 is 0 Å². The molecule has 5 heteroatoms. The van der Waals surface area contributed by atoms with Gasteiger partial charge in [-0.2, -0.15) is 0 Å². The summed E-state index contributed by atoms with van der Waals surface area (Å²) in [7, 11) is 3.57. The summed E-state index contributed by atoms with van der Waals surface area (Å²) >= 11 is 0. The Balaban J connectivity index is 3.72. The normalized spacial score (nSPS) is 12.2. The highest BCUT2D eigenvalue weighted by molar-refractivity contribution is 5.86. The fraction of sp³-hybridized carbons (Fsp3) is 0.727. The lowest BCUT2D eigenvalue weighted by molar-refractivity contribution is -0.126. The molecule has 0 heterocycles. The summed E-state index contributed by atoms with van der Waals surface area (Å²) in [5.74, 6) is -0.154. The Bertz CT molecular complexity index is 252. The SMILES string of the molecule is CC(CC=O)CC(=O)CNC(=O)CN(C)C. The number of nitrogens with one attached hydrogen (secondary N) is 1. The molecule has 0 spiro atoms. The number of ketones is 1. The number of aldehydes is 1. The smallest absolute Gasteiger partial charge is 0.234 e. The van der Waals surface area contributed by atoms with E-state index in [1.54, 1.807) is 19.0 Å². The van der Waals surface area contributed by atoms with Crippen LogP contribution in [0.2, 0.25) is 0 Å². The summed E-state index contributed by atoms with van der Waals surface area (Å²) in [6.45, 7) is 2.17. The Morgan fingerprint density at radius 3 is 2.50 bits per heavy atom. The molecule has 0 saturated carbocycles. The molecule has 0 aromatic carbocycles. The zero-order valence-electron chi connectivity index (χ0n) is 10.2. The minimum Gasteiger partial charge on any atom is -0.348 e. The number of hydrogen-bond donors (Lipinski definition) is 1. The van der Waals surface area contributed by atoms with Crippen LogP contribution in [0.25, 0.3) is 0 Å². The summed E-state index contributed by atoms with van der Waals surface area (Å²) in [4.78, 5) is 34.5. The van der Waals surface area contributed by atoms with Gasteiger partial charge in [-0.25, -0.2) is 0 Å². The van der Waals surface area contributed by atoms with Crippen molar-refractivity contribution in [3.8, 4) is 0 Å². The molecule has 92 valence electrons. The summed E-state index contributed by atoms with van der Waals surface area (Å²) in [5.41, 5.74) is 0. The first-order chi connectivity index (χ1) is 7.45. The van der Waals surface area contributed by atoms with Crippen LogP contribution in [0.3, 0.4) is 0 Å². The highest BCUT2D eigenvalue weighted by Gasteiger charge is 2.10. The molecular weight excluding hydrogens is 208 g/mol. The Labute approximate surface area is 96.2 Å². The molecule has 0 aromatic heterocycles. The molecule has 0 bridgehead atoms. The van der Waals surface area contributed by atoms with Crippen LogP contribution in [0.5, 0.6) is 0 Å². The molecule has 1 atom stereocenters. The van der Waals surface area contributed by atoms with E-state index in [1.165, 1.54) is 0 Å². The van der Waals surface area contributed by atoms with Crippen LogP contribution in [-0.4, -0.2) is 50.1 Å². The molecular formula is C11H20N2O3. The second-order valence-electron chi connectivity index (χ2n) is 4.26. The lowest BCUT2D eigenvalue weighted by atomic mass is 10.0. The van der Waals surface area contributed by atoms with Crippen LogP contribution in [0.1, 0.15) is 19.8 Å². The highest BCUT2D eigenvalue weighted by Crippen LogP contribution is 2.05. The van der Waals surface area contributed by atoms with E-state index in [0.717, 1.165) is 6.29 Å². The largest absolute Gasteiger partial charge is 0.348 e. The maximum absolute atomic E-state index is 11.4. The van der Waals surface area contributed by atoms with E-state index in [-0.39, 0.29) is 30.7 Å². The van der Waals surface area contributed by atoms with Crippen molar-refractivity contribution in [3.63, 3.8) is 0 Å². The highest BCUT2D eigenvalue weighted by atomic mass is 16.2. The Morgan fingerprint density at radius 1 is 1.38 bits per heavy atom. The van der Waals surface area contributed by atoms with Gasteiger partial charge >= 0.3 is 0 Å². The predicted molar refractivity (Wildman–Crippen MR) is 61.0 cm³/mol. The quantitative estimate of drug-likeness (QED) is 0.587. The number of carbonyl (C=O) groups is 3. The maximum Gasteiger partial charge on any atom is 0.234 e. The van der Waals surface area contributed by atoms with Gasteiger partial charge in [0.15, 0.2) is 5.78 Å². The maximum atomic E-state index is 11.4. The molecule has 0 fully saturated rings. The van der Waals surface area contributed by atoms with Gasteiger partial charge in [0, 0.05) is 12.8 Å². The Morgan fingerprint density at radius 2 is 2.00 bits per heavy atom. The third kappa shape index (κ3) is 8.11. The van der Waals surface area contributed by atoms with Crippen molar-refractivity contribution in [2.45, 2.75) is 19.8 Å². The predicted octanol–water partition coefficient (Wildman–Crippen LogP) is -0.151. The fourth-order valence-electron chi connectivity index (χ4n) is 1.25. The molecule has 1 unspecified atom stereocenters. The van der Waals surface area contributed by atoms with Gasteiger partial charge in [-0.05, 0) is 20.0 Å². The number of Topliss-reactive ketones (excluding diaryl/α,β-unsaturated/α-hetero) is 1. The van der Waals surface area contributed by atoms with Gasteiger partial charge in [0.2, 0.25) is 5.91 Å². The second kappa shape index (κ2) is 7.98. The second-order valence-corrected chi connectivity index (χ2v) is 4.26. The molecule has 1 amide bonds. The zero-order chi connectivity index (χ0) is 12.6. The zero-order valence-corrected chi connectivity index (χ0v) is 10.2. The van der Waals surface area contributed by atoms with Gasteiger partial charge in [0.05, 0.1) is 13.1 Å². The average molecular weight is 228 g/mol. The minimum absolute atomic E-state index is 0.0403. The van der Waals surface area contributed by atoms with Crippen LogP contribution in [-0.2, 0) is 14.4 Å². The summed E-state index contributed by atoms with van der Waals surface area (Å²) < 4.78 is 0. The number of carbonyl (C=O) groups excluding carboxylic acids is 3. The third-order valence-electron chi connectivity index (χ3n) is 2.02. The first kappa shape index (κ1) is 14.8. The summed E-state index contributed by atoms with van der Waals surface area (Å²) in [5, 5.41) is 2.54. The van der Waals surface area contributed by atoms with Crippen LogP contribution in [0.4, 0.5) is 0 Å². The topological polar surface area (TPSA) is 66.5 Å². The van der Waals surface area contributed by atoms with E-state index in [2.05, 4.69) is 5.32 Å². The number of nitrogens with zero attached hydrogens (tertiary/aromatic N) is 1. The first-order valence-electron chi connectivity index (χ1n) is 5.32. The van der Waals surface area contributed by atoms with Gasteiger partial charge in [-0.15, -0.1) is 0 Å². The molecule has 0 aliphatic heterocycles. The van der Waals surface area contributed by atoms with Crippen molar-refractivity contribution in [3.05, 3.63) is 0 Å². The van der Waals surface area contributed by atoms with E-state index in [1.807, 2.05) is 6.92 Å². The molecule has 0 aliphatic rings. The van der Waals surface area contributed by atoms with E-state index >= 15 is 0 Å². The van der Waals surface area contributed by atoms with E-state index in [4.69, 9.17) is 0 Å². The lowest BCUT2D eigenvalue weighted by Crippen LogP contribution is -2.36. The number of rotatable bonds is 8. The molecule has 0 aromatic rings. The van der Waals surface area contributed by atoms with Gasteiger partial charge in [0.1, 0.15) is 6.29 Å². The Hall–Kier alpha value is -1.23. The molecule has 0 aliphatic carbocycles. The van der Waals surface area contributed by atoms with Crippen molar-refractivity contribution >= 4 is 18.0 Å². The Kier molecular flexibility index (Phi) is 7.37. The van der Waals surface area contributed by atoms with Crippen LogP contribution in [0.15, 0.2) is 0 Å². The molecule has 16 heavy (non-hydrogen) atoms. The lowest BCUT2D eigenvalue weighted by Gasteiger charge is -2.10. The van der Waals surface area contributed by atoms with E-state index in [9.17, 15) is 14.4 Å². The van der Waals surface area contributed by atoms with E-state index in [0.29, 0.717) is 12.8 Å². The van der Waals surface area contributed by atoms with Crippen molar-refractivity contribution < 1.29 is 14.4 Å². The van der Waals surface area contributed by atoms with Crippen molar-refractivity contribution in [1.82, 2.24) is 10.2 Å². The third-order valence-corrected chi connectivity index (χ3v) is 2.02.